The van der Waals surface area contributed by atoms with Gasteiger partial charge < -0.3 is 5.32 Å². The SMILES string of the molecule is CC(C)(C)C(=O)[C@@H]1CCCN1.[HH]. The molecule has 1 atom stereocenters. The molecule has 0 aromatic heterocycles. The van der Waals surface area contributed by atoms with Crippen LogP contribution in [0.1, 0.15) is 35.0 Å². The van der Waals surface area contributed by atoms with E-state index in [0.29, 0.717) is 5.78 Å². The van der Waals surface area contributed by atoms with Gasteiger partial charge in [-0.05, 0) is 19.4 Å². The average molecular weight is 157 g/mol. The van der Waals surface area contributed by atoms with Crippen molar-refractivity contribution in [3.63, 3.8) is 0 Å². The summed E-state index contributed by atoms with van der Waals surface area (Å²) >= 11 is 0. The van der Waals surface area contributed by atoms with E-state index in [1.807, 2.05) is 20.8 Å². The van der Waals surface area contributed by atoms with E-state index >= 15 is 0 Å². The van der Waals surface area contributed by atoms with Crippen LogP contribution in [0.3, 0.4) is 0 Å². The van der Waals surface area contributed by atoms with Gasteiger partial charge in [0.1, 0.15) is 0 Å². The van der Waals surface area contributed by atoms with E-state index in [0.717, 1.165) is 19.4 Å². The molecule has 1 heterocycles. The number of hydrogen-bond acceptors (Lipinski definition) is 2. The second-order valence-electron chi connectivity index (χ2n) is 4.26. The molecule has 2 heteroatoms. The minimum absolute atomic E-state index is 0. The molecule has 0 aliphatic carbocycles. The summed E-state index contributed by atoms with van der Waals surface area (Å²) in [4.78, 5) is 11.6. The summed E-state index contributed by atoms with van der Waals surface area (Å²) in [5.74, 6) is 0.356. The summed E-state index contributed by atoms with van der Waals surface area (Å²) < 4.78 is 0. The highest BCUT2D eigenvalue weighted by atomic mass is 16.1. The van der Waals surface area contributed by atoms with Crippen molar-refractivity contribution in [2.45, 2.75) is 39.7 Å². The monoisotopic (exact) mass is 157 g/mol. The molecule has 0 spiro atoms. The van der Waals surface area contributed by atoms with E-state index in [1.54, 1.807) is 0 Å². The average Bonchev–Trinajstić information content (AvgIpc) is 2.34. The molecule has 1 N–H and O–H groups in total. The first-order valence-electron chi connectivity index (χ1n) is 4.29. The third-order valence-electron chi connectivity index (χ3n) is 2.12. The van der Waals surface area contributed by atoms with Crippen molar-refractivity contribution in [3.8, 4) is 0 Å². The van der Waals surface area contributed by atoms with Gasteiger partial charge >= 0.3 is 0 Å². The Morgan fingerprint density at radius 2 is 2.18 bits per heavy atom. The van der Waals surface area contributed by atoms with Crippen LogP contribution in [0.25, 0.3) is 0 Å². The fourth-order valence-electron chi connectivity index (χ4n) is 1.43. The molecule has 0 aromatic rings. The highest BCUT2D eigenvalue weighted by Crippen LogP contribution is 2.20. The third-order valence-corrected chi connectivity index (χ3v) is 2.12. The number of carbonyl (C=O) groups is 1. The Kier molecular flexibility index (Phi) is 2.33. The molecule has 0 radical (unpaired) electrons. The quantitative estimate of drug-likeness (QED) is 0.626. The van der Waals surface area contributed by atoms with Crippen LogP contribution in [0.15, 0.2) is 0 Å². The Hall–Kier alpha value is -0.370. The van der Waals surface area contributed by atoms with Gasteiger partial charge in [0.25, 0.3) is 0 Å². The van der Waals surface area contributed by atoms with Crippen molar-refractivity contribution in [1.29, 1.82) is 0 Å². The second kappa shape index (κ2) is 2.94. The fraction of sp³-hybridized carbons (Fsp3) is 0.889. The highest BCUT2D eigenvalue weighted by Gasteiger charge is 2.30. The van der Waals surface area contributed by atoms with Crippen LogP contribution >= 0.6 is 0 Å². The van der Waals surface area contributed by atoms with Crippen LogP contribution in [0.5, 0.6) is 0 Å². The maximum Gasteiger partial charge on any atom is 0.155 e. The molecule has 1 saturated heterocycles. The Morgan fingerprint density at radius 1 is 1.55 bits per heavy atom. The van der Waals surface area contributed by atoms with E-state index in [-0.39, 0.29) is 12.9 Å². The molecule has 0 bridgehead atoms. The predicted molar refractivity (Wildman–Crippen MR) is 47.6 cm³/mol. The van der Waals surface area contributed by atoms with Crippen molar-refractivity contribution >= 4 is 5.78 Å². The summed E-state index contributed by atoms with van der Waals surface area (Å²) in [6.07, 6.45) is 2.17. The lowest BCUT2D eigenvalue weighted by Crippen LogP contribution is -2.38. The predicted octanol–water partition coefficient (Wildman–Crippen LogP) is 1.60. The lowest BCUT2D eigenvalue weighted by atomic mass is 9.86. The first kappa shape index (κ1) is 8.72. The van der Waals surface area contributed by atoms with Crippen molar-refractivity contribution < 1.29 is 6.22 Å². The van der Waals surface area contributed by atoms with Crippen LogP contribution < -0.4 is 5.32 Å². The molecule has 0 unspecified atom stereocenters. The van der Waals surface area contributed by atoms with Crippen LogP contribution in [0, 0.1) is 5.41 Å². The zero-order chi connectivity index (χ0) is 8.48. The van der Waals surface area contributed by atoms with Gasteiger partial charge in [-0.1, -0.05) is 20.8 Å². The summed E-state index contributed by atoms with van der Waals surface area (Å²) in [6.45, 7) is 6.95. The lowest BCUT2D eigenvalue weighted by molar-refractivity contribution is -0.128. The fourth-order valence-corrected chi connectivity index (χ4v) is 1.43. The van der Waals surface area contributed by atoms with Crippen molar-refractivity contribution in [3.05, 3.63) is 0 Å². The summed E-state index contributed by atoms with van der Waals surface area (Å²) in [5.41, 5.74) is -0.179. The second-order valence-corrected chi connectivity index (χ2v) is 4.26. The normalized spacial score (nSPS) is 25.5. The maximum atomic E-state index is 11.6. The molecule has 1 aliphatic heterocycles. The molecule has 2 nitrogen and oxygen atoms in total. The van der Waals surface area contributed by atoms with Gasteiger partial charge in [-0.25, -0.2) is 0 Å². The minimum atomic E-state index is -0.179. The molecule has 11 heavy (non-hydrogen) atoms. The number of rotatable bonds is 1. The van der Waals surface area contributed by atoms with E-state index in [9.17, 15) is 4.79 Å². The Morgan fingerprint density at radius 3 is 2.55 bits per heavy atom. The van der Waals surface area contributed by atoms with Gasteiger partial charge in [-0.15, -0.1) is 0 Å². The van der Waals surface area contributed by atoms with Crippen LogP contribution in [0.2, 0.25) is 0 Å². The topological polar surface area (TPSA) is 29.1 Å². The van der Waals surface area contributed by atoms with Crippen molar-refractivity contribution in [2.24, 2.45) is 5.41 Å². The maximum absolute atomic E-state index is 11.6. The van der Waals surface area contributed by atoms with Gasteiger partial charge in [-0.2, -0.15) is 0 Å². The molecular formula is C9H19NO. The first-order valence-corrected chi connectivity index (χ1v) is 4.29. The molecule has 1 aliphatic rings. The van der Waals surface area contributed by atoms with E-state index < -0.39 is 0 Å². The number of nitrogens with one attached hydrogen (secondary N) is 1. The van der Waals surface area contributed by atoms with Gasteiger partial charge in [0.15, 0.2) is 5.78 Å². The third kappa shape index (κ3) is 2.03. The Balaban J connectivity index is 0.00000121. The van der Waals surface area contributed by atoms with Gasteiger partial charge in [0.2, 0.25) is 0 Å². The molecule has 0 saturated carbocycles. The Labute approximate surface area is 69.8 Å². The standard InChI is InChI=1S/C9H17NO.H2/c1-9(2,3)8(11)7-5-4-6-10-7;/h7,10H,4-6H2,1-3H3;1H/t7-;/m0./s1. The molecule has 1 rings (SSSR count). The number of ketones is 1. The van der Waals surface area contributed by atoms with E-state index in [1.165, 1.54) is 0 Å². The largest absolute Gasteiger partial charge is 0.307 e. The Bertz CT molecular complexity index is 156. The van der Waals surface area contributed by atoms with Gasteiger partial charge in [-0.3, -0.25) is 4.79 Å². The first-order chi connectivity index (χ1) is 5.02. The van der Waals surface area contributed by atoms with Crippen molar-refractivity contribution in [2.75, 3.05) is 6.54 Å². The molecule has 0 aromatic carbocycles. The van der Waals surface area contributed by atoms with E-state index in [4.69, 9.17) is 0 Å². The number of Topliss-reactive ketones (excluding diaryl/α,β-unsaturated/α-hetero) is 1. The zero-order valence-electron chi connectivity index (χ0n) is 7.61. The number of hydrogen-bond donors (Lipinski definition) is 1. The van der Waals surface area contributed by atoms with Gasteiger partial charge in [0.05, 0.1) is 6.04 Å². The van der Waals surface area contributed by atoms with Crippen LogP contribution in [-0.4, -0.2) is 18.4 Å². The van der Waals surface area contributed by atoms with Crippen LogP contribution in [-0.2, 0) is 4.79 Å². The van der Waals surface area contributed by atoms with Crippen LogP contribution in [0.4, 0.5) is 0 Å². The lowest BCUT2D eigenvalue weighted by Gasteiger charge is -2.21. The minimum Gasteiger partial charge on any atom is -0.307 e. The zero-order valence-corrected chi connectivity index (χ0v) is 7.61. The summed E-state index contributed by atoms with van der Waals surface area (Å²) in [5, 5.41) is 3.21. The van der Waals surface area contributed by atoms with Gasteiger partial charge in [0, 0.05) is 6.84 Å². The van der Waals surface area contributed by atoms with E-state index in [2.05, 4.69) is 5.32 Å². The molecule has 0 amide bonds. The highest BCUT2D eigenvalue weighted by molar-refractivity contribution is 5.88. The molecular weight excluding hydrogens is 138 g/mol. The van der Waals surface area contributed by atoms with Crippen molar-refractivity contribution in [1.82, 2.24) is 5.32 Å². The molecule has 1 fully saturated rings. The summed E-state index contributed by atoms with van der Waals surface area (Å²) in [6, 6.07) is 0.134. The molecule has 66 valence electrons. The number of carbonyl (C=O) groups excluding carboxylic acids is 1. The smallest absolute Gasteiger partial charge is 0.155 e. The summed E-state index contributed by atoms with van der Waals surface area (Å²) in [7, 11) is 0.